The smallest absolute Gasteiger partial charge is 0.229 e. The Hall–Kier alpha value is -0.980. The molecule has 6 nitrogen and oxygen atoms in total. The molecule has 1 heterocycles. The molecule has 0 spiro atoms. The van der Waals surface area contributed by atoms with Crippen molar-refractivity contribution >= 4 is 0 Å². The van der Waals surface area contributed by atoms with Crippen molar-refractivity contribution in [1.82, 2.24) is 10.1 Å². The summed E-state index contributed by atoms with van der Waals surface area (Å²) in [5, 5.41) is 13.4. The topological polar surface area (TPSA) is 77.6 Å². The zero-order valence-corrected chi connectivity index (χ0v) is 10.8. The van der Waals surface area contributed by atoms with Crippen molar-refractivity contribution in [1.29, 1.82) is 0 Å². The van der Waals surface area contributed by atoms with Crippen LogP contribution in [0, 0.1) is 0 Å². The second kappa shape index (κ2) is 6.09. The van der Waals surface area contributed by atoms with Gasteiger partial charge >= 0.3 is 0 Å². The summed E-state index contributed by atoms with van der Waals surface area (Å²) in [6.45, 7) is 4.12. The average molecular weight is 244 g/mol. The fraction of sp³-hybridized carbons (Fsp3) is 0.818. The zero-order valence-electron chi connectivity index (χ0n) is 10.8. The molecule has 0 amide bonds. The fourth-order valence-electron chi connectivity index (χ4n) is 1.40. The minimum atomic E-state index is -0.635. The highest BCUT2D eigenvalue weighted by atomic mass is 16.5. The summed E-state index contributed by atoms with van der Waals surface area (Å²) in [6.07, 6.45) is 0.386. The van der Waals surface area contributed by atoms with E-state index in [4.69, 9.17) is 14.0 Å². The molecule has 0 saturated carbocycles. The van der Waals surface area contributed by atoms with Crippen LogP contribution in [0.5, 0.6) is 0 Å². The molecule has 2 atom stereocenters. The van der Waals surface area contributed by atoms with Gasteiger partial charge in [-0.05, 0) is 13.3 Å². The van der Waals surface area contributed by atoms with E-state index < -0.39 is 11.7 Å². The van der Waals surface area contributed by atoms with Crippen molar-refractivity contribution in [3.05, 3.63) is 11.7 Å². The maximum Gasteiger partial charge on any atom is 0.229 e. The second-order valence-corrected chi connectivity index (χ2v) is 4.11. The molecule has 0 bridgehead atoms. The standard InChI is InChI=1S/C11H20N2O4/c1-5-11(2,16-4)10-12-9(17-13-10)6-8(14)7-15-3/h8,14H,5-7H2,1-4H3. The first-order valence-electron chi connectivity index (χ1n) is 5.61. The lowest BCUT2D eigenvalue weighted by Gasteiger charge is -2.21. The van der Waals surface area contributed by atoms with Crippen molar-refractivity contribution in [3.63, 3.8) is 0 Å². The Morgan fingerprint density at radius 3 is 2.71 bits per heavy atom. The number of hydrogen-bond donors (Lipinski definition) is 1. The van der Waals surface area contributed by atoms with Crippen LogP contribution in [-0.4, -0.2) is 42.2 Å². The summed E-state index contributed by atoms with van der Waals surface area (Å²) in [5.41, 5.74) is -0.548. The monoisotopic (exact) mass is 244 g/mol. The van der Waals surface area contributed by atoms with E-state index in [-0.39, 0.29) is 13.0 Å². The summed E-state index contributed by atoms with van der Waals surface area (Å²) in [6, 6.07) is 0. The van der Waals surface area contributed by atoms with Gasteiger partial charge < -0.3 is 19.1 Å². The maximum absolute atomic E-state index is 9.55. The van der Waals surface area contributed by atoms with Gasteiger partial charge in [-0.3, -0.25) is 0 Å². The number of aromatic nitrogens is 2. The second-order valence-electron chi connectivity index (χ2n) is 4.11. The molecule has 1 aromatic rings. The normalized spacial score (nSPS) is 16.8. The molecule has 0 aliphatic carbocycles. The number of ether oxygens (including phenoxy) is 2. The Balaban J connectivity index is 2.71. The third-order valence-corrected chi connectivity index (χ3v) is 2.84. The molecule has 1 rings (SSSR count). The summed E-state index contributed by atoms with van der Waals surface area (Å²) in [4.78, 5) is 4.23. The molecule has 0 saturated heterocycles. The first-order chi connectivity index (χ1) is 8.05. The molecule has 98 valence electrons. The highest BCUT2D eigenvalue weighted by Gasteiger charge is 2.30. The molecular weight excluding hydrogens is 224 g/mol. The van der Waals surface area contributed by atoms with Gasteiger partial charge in [-0.25, -0.2) is 0 Å². The Morgan fingerprint density at radius 1 is 1.47 bits per heavy atom. The number of hydrogen-bond acceptors (Lipinski definition) is 6. The fourth-order valence-corrected chi connectivity index (χ4v) is 1.40. The molecule has 0 aliphatic rings. The van der Waals surface area contributed by atoms with Gasteiger partial charge in [-0.1, -0.05) is 12.1 Å². The molecule has 17 heavy (non-hydrogen) atoms. The van der Waals surface area contributed by atoms with Gasteiger partial charge in [-0.15, -0.1) is 0 Å². The lowest BCUT2D eigenvalue weighted by Crippen LogP contribution is -2.25. The van der Waals surface area contributed by atoms with E-state index in [9.17, 15) is 5.11 Å². The van der Waals surface area contributed by atoms with Crippen LogP contribution in [0.2, 0.25) is 0 Å². The van der Waals surface area contributed by atoms with Crippen molar-refractivity contribution in [2.24, 2.45) is 0 Å². The van der Waals surface area contributed by atoms with Gasteiger partial charge in [0.25, 0.3) is 0 Å². The van der Waals surface area contributed by atoms with Crippen LogP contribution in [0.4, 0.5) is 0 Å². The van der Waals surface area contributed by atoms with E-state index in [0.717, 1.165) is 6.42 Å². The molecule has 0 fully saturated rings. The number of methoxy groups -OCH3 is 2. The number of aliphatic hydroxyl groups is 1. The summed E-state index contributed by atoms with van der Waals surface area (Å²) < 4.78 is 15.3. The zero-order chi connectivity index (χ0) is 12.9. The SMILES string of the molecule is CCC(C)(OC)c1noc(CC(O)COC)n1. The van der Waals surface area contributed by atoms with Gasteiger partial charge in [-0.2, -0.15) is 4.98 Å². The minimum absolute atomic E-state index is 0.243. The molecule has 1 aromatic heterocycles. The van der Waals surface area contributed by atoms with E-state index in [1.54, 1.807) is 7.11 Å². The van der Waals surface area contributed by atoms with E-state index in [0.29, 0.717) is 11.7 Å². The Labute approximate surface area is 101 Å². The molecule has 2 unspecified atom stereocenters. The molecule has 0 aliphatic heterocycles. The molecule has 0 aromatic carbocycles. The summed E-state index contributed by atoms with van der Waals surface area (Å²) >= 11 is 0. The number of nitrogens with zero attached hydrogens (tertiary/aromatic N) is 2. The van der Waals surface area contributed by atoms with E-state index in [1.165, 1.54) is 7.11 Å². The Kier molecular flexibility index (Phi) is 5.04. The largest absolute Gasteiger partial charge is 0.390 e. The summed E-state index contributed by atoms with van der Waals surface area (Å²) in [7, 11) is 3.14. The van der Waals surface area contributed by atoms with Crippen molar-refractivity contribution in [2.75, 3.05) is 20.8 Å². The van der Waals surface area contributed by atoms with Crippen LogP contribution in [0.15, 0.2) is 4.52 Å². The van der Waals surface area contributed by atoms with Crippen LogP contribution in [-0.2, 0) is 21.5 Å². The van der Waals surface area contributed by atoms with Gasteiger partial charge in [0.1, 0.15) is 5.60 Å². The van der Waals surface area contributed by atoms with E-state index >= 15 is 0 Å². The van der Waals surface area contributed by atoms with Crippen LogP contribution >= 0.6 is 0 Å². The highest BCUT2D eigenvalue weighted by molar-refractivity contribution is 4.99. The van der Waals surface area contributed by atoms with Gasteiger partial charge in [0.2, 0.25) is 11.7 Å². The van der Waals surface area contributed by atoms with Crippen molar-refractivity contribution in [2.45, 2.75) is 38.4 Å². The van der Waals surface area contributed by atoms with Crippen LogP contribution in [0.1, 0.15) is 32.0 Å². The third-order valence-electron chi connectivity index (χ3n) is 2.84. The quantitative estimate of drug-likeness (QED) is 0.767. The number of aliphatic hydroxyl groups excluding tert-OH is 1. The van der Waals surface area contributed by atoms with Gasteiger partial charge in [0.05, 0.1) is 19.1 Å². The average Bonchev–Trinajstić information content (AvgIpc) is 2.77. The first-order valence-corrected chi connectivity index (χ1v) is 5.61. The van der Waals surface area contributed by atoms with Gasteiger partial charge in [0.15, 0.2) is 0 Å². The lowest BCUT2D eigenvalue weighted by molar-refractivity contribution is -0.0106. The van der Waals surface area contributed by atoms with E-state index in [1.807, 2.05) is 13.8 Å². The van der Waals surface area contributed by atoms with Crippen molar-refractivity contribution in [3.8, 4) is 0 Å². The van der Waals surface area contributed by atoms with Gasteiger partial charge in [0, 0.05) is 14.2 Å². The van der Waals surface area contributed by atoms with Crippen LogP contribution in [0.3, 0.4) is 0 Å². The predicted molar refractivity (Wildman–Crippen MR) is 60.5 cm³/mol. The third kappa shape index (κ3) is 3.49. The number of rotatable bonds is 7. The Bertz CT molecular complexity index is 336. The lowest BCUT2D eigenvalue weighted by atomic mass is 10.0. The first kappa shape index (κ1) is 14.1. The summed E-state index contributed by atoms with van der Waals surface area (Å²) in [5.74, 6) is 0.892. The van der Waals surface area contributed by atoms with E-state index in [2.05, 4.69) is 10.1 Å². The van der Waals surface area contributed by atoms with Crippen LogP contribution in [0.25, 0.3) is 0 Å². The maximum atomic E-state index is 9.55. The van der Waals surface area contributed by atoms with Crippen LogP contribution < -0.4 is 0 Å². The molecule has 6 heteroatoms. The molecular formula is C11H20N2O4. The predicted octanol–water partition coefficient (Wildman–Crippen LogP) is 0.891. The Morgan fingerprint density at radius 2 is 2.18 bits per heavy atom. The highest BCUT2D eigenvalue weighted by Crippen LogP contribution is 2.25. The molecule has 0 radical (unpaired) electrons. The molecule has 1 N–H and O–H groups in total. The van der Waals surface area contributed by atoms with Crippen molar-refractivity contribution < 1.29 is 19.1 Å². The minimum Gasteiger partial charge on any atom is -0.390 e.